The average Bonchev–Trinajstić information content (AvgIpc) is 2.48. The fourth-order valence-electron chi connectivity index (χ4n) is 2.05. The Labute approximate surface area is 124 Å². The fourth-order valence-corrected chi connectivity index (χ4v) is 2.05. The van der Waals surface area contributed by atoms with Gasteiger partial charge >= 0.3 is 5.97 Å². The van der Waals surface area contributed by atoms with Crippen LogP contribution in [-0.2, 0) is 11.3 Å². The van der Waals surface area contributed by atoms with Gasteiger partial charge < -0.3 is 15.8 Å². The van der Waals surface area contributed by atoms with Gasteiger partial charge in [-0.15, -0.1) is 0 Å². The van der Waals surface area contributed by atoms with E-state index in [9.17, 15) is 4.79 Å². The summed E-state index contributed by atoms with van der Waals surface area (Å²) in [6, 6.07) is 13.3. The van der Waals surface area contributed by atoms with Crippen LogP contribution in [-0.4, -0.2) is 12.6 Å². The SMILES string of the molecule is CCOC(=O)c1ccc(N)c(NCc2ccccc2C)c1. The van der Waals surface area contributed by atoms with E-state index in [0.717, 1.165) is 5.69 Å². The molecule has 2 rings (SSSR count). The molecule has 2 aromatic rings. The van der Waals surface area contributed by atoms with Crippen LogP contribution in [0.1, 0.15) is 28.4 Å². The van der Waals surface area contributed by atoms with E-state index < -0.39 is 0 Å². The van der Waals surface area contributed by atoms with Crippen molar-refractivity contribution in [1.82, 2.24) is 0 Å². The lowest BCUT2D eigenvalue weighted by Crippen LogP contribution is -2.08. The van der Waals surface area contributed by atoms with Crippen LogP contribution in [0.25, 0.3) is 0 Å². The number of aryl methyl sites for hydroxylation is 1. The van der Waals surface area contributed by atoms with Gasteiger partial charge in [0.05, 0.1) is 23.5 Å². The van der Waals surface area contributed by atoms with Gasteiger partial charge in [0.15, 0.2) is 0 Å². The first-order valence-electron chi connectivity index (χ1n) is 6.97. The number of nitrogens with two attached hydrogens (primary N) is 1. The predicted octanol–water partition coefficient (Wildman–Crippen LogP) is 3.37. The van der Waals surface area contributed by atoms with Crippen LogP contribution in [0.5, 0.6) is 0 Å². The predicted molar refractivity (Wildman–Crippen MR) is 85.3 cm³/mol. The molecule has 110 valence electrons. The number of carbonyl (C=O) groups is 1. The Morgan fingerprint density at radius 3 is 2.71 bits per heavy atom. The van der Waals surface area contributed by atoms with E-state index in [-0.39, 0.29) is 5.97 Å². The standard InChI is InChI=1S/C17H20N2O2/c1-3-21-17(20)13-8-9-15(18)16(10-13)19-11-14-7-5-4-6-12(14)2/h4-10,19H,3,11,18H2,1-2H3. The summed E-state index contributed by atoms with van der Waals surface area (Å²) in [5.41, 5.74) is 10.2. The molecule has 4 nitrogen and oxygen atoms in total. The van der Waals surface area contributed by atoms with Crippen LogP contribution in [0.3, 0.4) is 0 Å². The molecule has 0 aliphatic heterocycles. The zero-order valence-electron chi connectivity index (χ0n) is 12.3. The maximum atomic E-state index is 11.7. The highest BCUT2D eigenvalue weighted by molar-refractivity contribution is 5.92. The van der Waals surface area contributed by atoms with Crippen LogP contribution in [0.15, 0.2) is 42.5 Å². The molecule has 3 N–H and O–H groups in total. The number of rotatable bonds is 5. The molecular formula is C17H20N2O2. The van der Waals surface area contributed by atoms with Gasteiger partial charge in [-0.2, -0.15) is 0 Å². The maximum absolute atomic E-state index is 11.7. The smallest absolute Gasteiger partial charge is 0.338 e. The number of nitrogen functional groups attached to an aromatic ring is 1. The second-order valence-corrected chi connectivity index (χ2v) is 4.80. The minimum Gasteiger partial charge on any atom is -0.462 e. The molecule has 0 spiro atoms. The first kappa shape index (κ1) is 14.9. The van der Waals surface area contributed by atoms with Crippen molar-refractivity contribution in [2.75, 3.05) is 17.7 Å². The van der Waals surface area contributed by atoms with E-state index in [1.54, 1.807) is 25.1 Å². The summed E-state index contributed by atoms with van der Waals surface area (Å²) in [5.74, 6) is -0.337. The molecule has 0 amide bonds. The Kier molecular flexibility index (Phi) is 4.82. The van der Waals surface area contributed by atoms with Crippen molar-refractivity contribution >= 4 is 17.3 Å². The van der Waals surface area contributed by atoms with E-state index >= 15 is 0 Å². The lowest BCUT2D eigenvalue weighted by molar-refractivity contribution is 0.0526. The highest BCUT2D eigenvalue weighted by atomic mass is 16.5. The van der Waals surface area contributed by atoms with Crippen molar-refractivity contribution in [2.24, 2.45) is 0 Å². The third kappa shape index (κ3) is 3.75. The fraction of sp³-hybridized carbons (Fsp3) is 0.235. The largest absolute Gasteiger partial charge is 0.462 e. The van der Waals surface area contributed by atoms with E-state index in [2.05, 4.69) is 24.4 Å². The molecule has 0 bridgehead atoms. The minimum atomic E-state index is -0.337. The quantitative estimate of drug-likeness (QED) is 0.652. The Hall–Kier alpha value is -2.49. The van der Waals surface area contributed by atoms with Gasteiger partial charge in [0.25, 0.3) is 0 Å². The average molecular weight is 284 g/mol. The molecule has 21 heavy (non-hydrogen) atoms. The number of ether oxygens (including phenoxy) is 1. The van der Waals surface area contributed by atoms with E-state index in [4.69, 9.17) is 10.5 Å². The first-order valence-corrected chi connectivity index (χ1v) is 6.97. The molecule has 0 saturated heterocycles. The summed E-state index contributed by atoms with van der Waals surface area (Å²) < 4.78 is 5.00. The molecule has 0 aliphatic carbocycles. The van der Waals surface area contributed by atoms with Gasteiger partial charge in [0.1, 0.15) is 0 Å². The van der Waals surface area contributed by atoms with Gasteiger partial charge in [-0.05, 0) is 43.2 Å². The second-order valence-electron chi connectivity index (χ2n) is 4.80. The molecule has 0 saturated carbocycles. The summed E-state index contributed by atoms with van der Waals surface area (Å²) in [6.07, 6.45) is 0. The van der Waals surface area contributed by atoms with E-state index in [1.807, 2.05) is 12.1 Å². The van der Waals surface area contributed by atoms with Gasteiger partial charge in [0, 0.05) is 6.54 Å². The lowest BCUT2D eigenvalue weighted by Gasteiger charge is -2.12. The lowest BCUT2D eigenvalue weighted by atomic mass is 10.1. The Balaban J connectivity index is 2.14. The normalized spacial score (nSPS) is 10.2. The molecule has 0 aliphatic rings. The third-order valence-electron chi connectivity index (χ3n) is 3.29. The highest BCUT2D eigenvalue weighted by Gasteiger charge is 2.09. The summed E-state index contributed by atoms with van der Waals surface area (Å²) >= 11 is 0. The van der Waals surface area contributed by atoms with Crippen molar-refractivity contribution in [3.05, 3.63) is 59.2 Å². The maximum Gasteiger partial charge on any atom is 0.338 e. The molecule has 0 heterocycles. The van der Waals surface area contributed by atoms with Crippen LogP contribution in [0.4, 0.5) is 11.4 Å². The highest BCUT2D eigenvalue weighted by Crippen LogP contribution is 2.22. The van der Waals surface area contributed by atoms with Crippen molar-refractivity contribution in [2.45, 2.75) is 20.4 Å². The summed E-state index contributed by atoms with van der Waals surface area (Å²) in [7, 11) is 0. The number of hydrogen-bond donors (Lipinski definition) is 2. The van der Waals surface area contributed by atoms with E-state index in [0.29, 0.717) is 24.4 Å². The summed E-state index contributed by atoms with van der Waals surface area (Å²) in [4.78, 5) is 11.7. The van der Waals surface area contributed by atoms with Crippen molar-refractivity contribution in [1.29, 1.82) is 0 Å². The number of hydrogen-bond acceptors (Lipinski definition) is 4. The van der Waals surface area contributed by atoms with Crippen LogP contribution < -0.4 is 11.1 Å². The number of anilines is 2. The Morgan fingerprint density at radius 1 is 1.24 bits per heavy atom. The minimum absolute atomic E-state index is 0.337. The zero-order valence-corrected chi connectivity index (χ0v) is 12.3. The number of esters is 1. The van der Waals surface area contributed by atoms with Crippen molar-refractivity contribution in [3.8, 4) is 0 Å². The van der Waals surface area contributed by atoms with Crippen LogP contribution in [0, 0.1) is 6.92 Å². The van der Waals surface area contributed by atoms with Crippen LogP contribution >= 0.6 is 0 Å². The molecule has 4 heteroatoms. The van der Waals surface area contributed by atoms with Crippen LogP contribution in [0.2, 0.25) is 0 Å². The summed E-state index contributed by atoms with van der Waals surface area (Å²) in [5, 5.41) is 3.27. The molecule has 0 aromatic heterocycles. The molecule has 0 atom stereocenters. The monoisotopic (exact) mass is 284 g/mol. The molecule has 0 fully saturated rings. The van der Waals surface area contributed by atoms with E-state index in [1.165, 1.54) is 11.1 Å². The number of benzene rings is 2. The Bertz CT molecular complexity index is 638. The molecule has 2 aromatic carbocycles. The molecule has 0 radical (unpaired) electrons. The van der Waals surface area contributed by atoms with Crippen molar-refractivity contribution < 1.29 is 9.53 Å². The summed E-state index contributed by atoms with van der Waals surface area (Å²) in [6.45, 7) is 4.86. The van der Waals surface area contributed by atoms with Crippen molar-refractivity contribution in [3.63, 3.8) is 0 Å². The molecule has 0 unspecified atom stereocenters. The molecular weight excluding hydrogens is 264 g/mol. The van der Waals surface area contributed by atoms with Gasteiger partial charge in [-0.25, -0.2) is 4.79 Å². The van der Waals surface area contributed by atoms with Gasteiger partial charge in [0.2, 0.25) is 0 Å². The van der Waals surface area contributed by atoms with Gasteiger partial charge in [-0.1, -0.05) is 24.3 Å². The third-order valence-corrected chi connectivity index (χ3v) is 3.29. The van der Waals surface area contributed by atoms with Gasteiger partial charge in [-0.3, -0.25) is 0 Å². The zero-order chi connectivity index (χ0) is 15.2. The number of nitrogens with one attached hydrogen (secondary N) is 1. The Morgan fingerprint density at radius 2 is 2.00 bits per heavy atom. The first-order chi connectivity index (χ1) is 10.1. The topological polar surface area (TPSA) is 64.3 Å². The number of carbonyl (C=O) groups excluding carboxylic acids is 1. The second kappa shape index (κ2) is 6.79.